The van der Waals surface area contributed by atoms with E-state index in [2.05, 4.69) is 49.1 Å². The lowest BCUT2D eigenvalue weighted by Crippen LogP contribution is -2.27. The topological polar surface area (TPSA) is 28.1 Å². The van der Waals surface area contributed by atoms with E-state index in [1.165, 1.54) is 25.9 Å². The van der Waals surface area contributed by atoms with Crippen molar-refractivity contribution in [3.05, 3.63) is 30.3 Å². The van der Waals surface area contributed by atoms with E-state index < -0.39 is 0 Å². The Balaban J connectivity index is 2.03. The number of hydrogen-bond donors (Lipinski definition) is 0. The standard InChI is InChI=1S/C19H29N3O/c1-15(17-8-7-16(23-6)13-18(17)20-3)22(5)12-10-19(2)9-11-21(4)14-19/h7-8,13H,1,3,9-12,14H2,2,4-6H3. The molecule has 0 saturated carbocycles. The molecular formula is C19H29N3O. The summed E-state index contributed by atoms with van der Waals surface area (Å²) in [4.78, 5) is 8.76. The van der Waals surface area contributed by atoms with Crippen LogP contribution in [0.1, 0.15) is 25.3 Å². The molecule has 1 unspecified atom stereocenters. The zero-order valence-electron chi connectivity index (χ0n) is 14.9. The molecule has 0 spiro atoms. The molecule has 1 atom stereocenters. The van der Waals surface area contributed by atoms with Crippen molar-refractivity contribution < 1.29 is 4.74 Å². The predicted octanol–water partition coefficient (Wildman–Crippen LogP) is 3.66. The van der Waals surface area contributed by atoms with Crippen LogP contribution in [0.25, 0.3) is 5.70 Å². The average molecular weight is 315 g/mol. The van der Waals surface area contributed by atoms with Crippen molar-refractivity contribution in [3.8, 4) is 5.75 Å². The number of nitrogens with zero attached hydrogens (tertiary/aromatic N) is 3. The van der Waals surface area contributed by atoms with Gasteiger partial charge in [0, 0.05) is 37.5 Å². The van der Waals surface area contributed by atoms with Gasteiger partial charge in [0.2, 0.25) is 0 Å². The Morgan fingerprint density at radius 1 is 1.48 bits per heavy atom. The molecule has 0 N–H and O–H groups in total. The molecule has 1 aromatic carbocycles. The first-order valence-electron chi connectivity index (χ1n) is 8.12. The highest BCUT2D eigenvalue weighted by atomic mass is 16.5. The molecule has 4 heteroatoms. The number of likely N-dealkylation sites (tertiary alicyclic amines) is 1. The Labute approximate surface area is 140 Å². The van der Waals surface area contributed by atoms with Gasteiger partial charge in [-0.3, -0.25) is 4.99 Å². The lowest BCUT2D eigenvalue weighted by Gasteiger charge is -2.29. The first-order valence-corrected chi connectivity index (χ1v) is 8.12. The third-order valence-electron chi connectivity index (χ3n) is 4.95. The molecule has 1 fully saturated rings. The molecule has 0 bridgehead atoms. The summed E-state index contributed by atoms with van der Waals surface area (Å²) in [6, 6.07) is 5.84. The highest BCUT2D eigenvalue weighted by molar-refractivity contribution is 5.74. The molecule has 1 aliphatic heterocycles. The van der Waals surface area contributed by atoms with E-state index in [9.17, 15) is 0 Å². The molecule has 23 heavy (non-hydrogen) atoms. The fourth-order valence-corrected chi connectivity index (χ4v) is 3.27. The van der Waals surface area contributed by atoms with E-state index in [1.54, 1.807) is 7.11 Å². The monoisotopic (exact) mass is 315 g/mol. The van der Waals surface area contributed by atoms with Crippen molar-refractivity contribution >= 4 is 18.1 Å². The number of rotatable bonds is 7. The Hall–Kier alpha value is -1.81. The van der Waals surface area contributed by atoms with Crippen LogP contribution in [-0.4, -0.2) is 57.4 Å². The van der Waals surface area contributed by atoms with E-state index in [4.69, 9.17) is 4.74 Å². The number of hydrogen-bond acceptors (Lipinski definition) is 4. The third-order valence-corrected chi connectivity index (χ3v) is 4.95. The van der Waals surface area contributed by atoms with Gasteiger partial charge in [-0.1, -0.05) is 13.5 Å². The quantitative estimate of drug-likeness (QED) is 0.719. The zero-order valence-corrected chi connectivity index (χ0v) is 14.9. The molecule has 0 aromatic heterocycles. The second-order valence-corrected chi connectivity index (χ2v) is 6.96. The Morgan fingerprint density at radius 2 is 2.22 bits per heavy atom. The average Bonchev–Trinajstić information content (AvgIpc) is 2.90. The van der Waals surface area contributed by atoms with E-state index in [1.807, 2.05) is 18.2 Å². The molecule has 0 amide bonds. The third kappa shape index (κ3) is 4.14. The van der Waals surface area contributed by atoms with Crippen LogP contribution >= 0.6 is 0 Å². The van der Waals surface area contributed by atoms with Crippen LogP contribution in [0.5, 0.6) is 5.75 Å². The lowest BCUT2D eigenvalue weighted by molar-refractivity contribution is 0.263. The molecular weight excluding hydrogens is 286 g/mol. The summed E-state index contributed by atoms with van der Waals surface area (Å²) in [6.45, 7) is 13.7. The second kappa shape index (κ2) is 7.18. The van der Waals surface area contributed by atoms with Crippen LogP contribution in [-0.2, 0) is 0 Å². The molecule has 0 aliphatic carbocycles. The van der Waals surface area contributed by atoms with Crippen LogP contribution in [0.4, 0.5) is 5.69 Å². The maximum atomic E-state index is 5.25. The normalized spacial score (nSPS) is 21.2. The van der Waals surface area contributed by atoms with Gasteiger partial charge in [-0.2, -0.15) is 0 Å². The first kappa shape index (κ1) is 17.5. The zero-order chi connectivity index (χ0) is 17.0. The molecule has 1 aromatic rings. The lowest BCUT2D eigenvalue weighted by atomic mass is 9.86. The number of aliphatic imine (C=N–C) groups is 1. The number of benzene rings is 1. The van der Waals surface area contributed by atoms with Crippen LogP contribution in [0.15, 0.2) is 29.8 Å². The number of methoxy groups -OCH3 is 1. The van der Waals surface area contributed by atoms with Gasteiger partial charge in [-0.05, 0) is 50.7 Å². The van der Waals surface area contributed by atoms with E-state index in [0.29, 0.717) is 5.41 Å². The van der Waals surface area contributed by atoms with Crippen LogP contribution in [0.3, 0.4) is 0 Å². The van der Waals surface area contributed by atoms with Gasteiger partial charge in [0.1, 0.15) is 5.75 Å². The Morgan fingerprint density at radius 3 is 2.78 bits per heavy atom. The summed E-state index contributed by atoms with van der Waals surface area (Å²) in [7, 11) is 5.96. The molecule has 1 saturated heterocycles. The SMILES string of the molecule is C=Nc1cc(OC)ccc1C(=C)N(C)CCC1(C)CCN(C)C1. The van der Waals surface area contributed by atoms with Crippen LogP contribution in [0, 0.1) is 5.41 Å². The van der Waals surface area contributed by atoms with Crippen molar-refractivity contribution in [1.29, 1.82) is 0 Å². The first-order chi connectivity index (χ1) is 10.9. The fraction of sp³-hybridized carbons (Fsp3) is 0.526. The molecule has 1 heterocycles. The van der Waals surface area contributed by atoms with Gasteiger partial charge in [-0.25, -0.2) is 0 Å². The van der Waals surface area contributed by atoms with Gasteiger partial charge >= 0.3 is 0 Å². The van der Waals surface area contributed by atoms with Gasteiger partial charge in [0.05, 0.1) is 12.8 Å². The van der Waals surface area contributed by atoms with E-state index >= 15 is 0 Å². The number of ether oxygens (including phenoxy) is 1. The van der Waals surface area contributed by atoms with Gasteiger partial charge in [0.25, 0.3) is 0 Å². The Kier molecular flexibility index (Phi) is 5.47. The minimum atomic E-state index is 0.405. The highest BCUT2D eigenvalue weighted by Gasteiger charge is 2.31. The van der Waals surface area contributed by atoms with Crippen molar-refractivity contribution in [1.82, 2.24) is 9.80 Å². The minimum absolute atomic E-state index is 0.405. The predicted molar refractivity (Wildman–Crippen MR) is 98.7 cm³/mol. The van der Waals surface area contributed by atoms with Crippen molar-refractivity contribution in [2.45, 2.75) is 19.8 Å². The largest absolute Gasteiger partial charge is 0.497 e. The Bertz CT molecular complexity index is 584. The molecule has 4 nitrogen and oxygen atoms in total. The van der Waals surface area contributed by atoms with Gasteiger partial charge in [0.15, 0.2) is 0 Å². The van der Waals surface area contributed by atoms with Gasteiger partial charge in [-0.15, -0.1) is 0 Å². The highest BCUT2D eigenvalue weighted by Crippen LogP contribution is 2.35. The summed E-state index contributed by atoms with van der Waals surface area (Å²) in [5, 5.41) is 0. The van der Waals surface area contributed by atoms with E-state index in [0.717, 1.165) is 29.2 Å². The molecule has 126 valence electrons. The van der Waals surface area contributed by atoms with Crippen molar-refractivity contribution in [2.24, 2.45) is 10.4 Å². The smallest absolute Gasteiger partial charge is 0.121 e. The summed E-state index contributed by atoms with van der Waals surface area (Å²) >= 11 is 0. The summed E-state index contributed by atoms with van der Waals surface area (Å²) < 4.78 is 5.25. The minimum Gasteiger partial charge on any atom is -0.497 e. The summed E-state index contributed by atoms with van der Waals surface area (Å²) in [6.07, 6.45) is 2.44. The maximum absolute atomic E-state index is 5.25. The maximum Gasteiger partial charge on any atom is 0.121 e. The summed E-state index contributed by atoms with van der Waals surface area (Å²) in [5.41, 5.74) is 3.21. The van der Waals surface area contributed by atoms with Gasteiger partial charge < -0.3 is 14.5 Å². The fourth-order valence-electron chi connectivity index (χ4n) is 3.27. The second-order valence-electron chi connectivity index (χ2n) is 6.96. The van der Waals surface area contributed by atoms with Crippen LogP contribution in [0.2, 0.25) is 0 Å². The molecule has 2 rings (SSSR count). The summed E-state index contributed by atoms with van der Waals surface area (Å²) in [5.74, 6) is 0.785. The molecule has 1 aliphatic rings. The van der Waals surface area contributed by atoms with Crippen LogP contribution < -0.4 is 4.74 Å². The molecule has 0 radical (unpaired) electrons. The van der Waals surface area contributed by atoms with Crippen molar-refractivity contribution in [3.63, 3.8) is 0 Å². The van der Waals surface area contributed by atoms with Crippen molar-refractivity contribution in [2.75, 3.05) is 40.8 Å². The van der Waals surface area contributed by atoms with E-state index in [-0.39, 0.29) is 0 Å².